The third-order valence-corrected chi connectivity index (χ3v) is 7.95. The minimum absolute atomic E-state index is 0.0234. The van der Waals surface area contributed by atoms with E-state index in [9.17, 15) is 13.2 Å². The molecule has 0 spiro atoms. The summed E-state index contributed by atoms with van der Waals surface area (Å²) in [5.74, 6) is 0.0847. The number of aryl methyl sites for hydroxylation is 1. The first-order valence-corrected chi connectivity index (χ1v) is 14.0. The van der Waals surface area contributed by atoms with Gasteiger partial charge < -0.3 is 4.74 Å². The maximum absolute atomic E-state index is 13.4. The molecule has 0 heterocycles. The molecular weight excluding hydrogens is 534 g/mol. The van der Waals surface area contributed by atoms with E-state index in [1.807, 2.05) is 79.7 Å². The Balaban J connectivity index is 1.43. The van der Waals surface area contributed by atoms with Gasteiger partial charge in [0.15, 0.2) is 0 Å². The number of nitrogens with one attached hydrogen (secondary N) is 1. The largest absolute Gasteiger partial charge is 0.489 e. The van der Waals surface area contributed by atoms with Crippen molar-refractivity contribution in [3.8, 4) is 5.75 Å². The van der Waals surface area contributed by atoms with Crippen LogP contribution in [0.25, 0.3) is 0 Å². The molecule has 0 unspecified atom stereocenters. The first kappa shape index (κ1) is 28.0. The van der Waals surface area contributed by atoms with E-state index in [-0.39, 0.29) is 11.4 Å². The third kappa shape index (κ3) is 8.00. The minimum atomic E-state index is -3.99. The fourth-order valence-electron chi connectivity index (χ4n) is 3.76. The first-order chi connectivity index (χ1) is 18.8. The van der Waals surface area contributed by atoms with Crippen molar-refractivity contribution in [1.82, 2.24) is 9.73 Å². The maximum atomic E-state index is 13.4. The lowest BCUT2D eigenvalue weighted by atomic mass is 10.1. The molecule has 0 radical (unpaired) electrons. The fraction of sp³-hybridized carbons (Fsp3) is 0.133. The predicted molar refractivity (Wildman–Crippen MR) is 153 cm³/mol. The number of carbonyl (C=O) groups is 1. The standard InChI is InChI=1S/C30H28ClN3O4S/c1-23-8-5-6-12-26(23)20-34(39(36,37)29-16-14-27(31)15-17-29)21-30(35)33-32-19-25-11-7-13-28(18-25)38-22-24-9-3-2-4-10-24/h2-19H,20-22H2,1H3,(H,33,35)/b32-19-. The second-order valence-electron chi connectivity index (χ2n) is 8.79. The molecule has 0 aliphatic rings. The summed E-state index contributed by atoms with van der Waals surface area (Å²) in [6.07, 6.45) is 1.48. The molecular formula is C30H28ClN3O4S. The van der Waals surface area contributed by atoms with Crippen molar-refractivity contribution in [2.75, 3.05) is 6.54 Å². The molecule has 7 nitrogen and oxygen atoms in total. The number of sulfonamides is 1. The summed E-state index contributed by atoms with van der Waals surface area (Å²) in [6.45, 7) is 1.92. The summed E-state index contributed by atoms with van der Waals surface area (Å²) in [5.41, 5.74) is 5.91. The number of ether oxygens (including phenoxy) is 1. The molecule has 0 aliphatic carbocycles. The lowest BCUT2D eigenvalue weighted by molar-refractivity contribution is -0.121. The minimum Gasteiger partial charge on any atom is -0.489 e. The van der Waals surface area contributed by atoms with Gasteiger partial charge in [0.2, 0.25) is 10.0 Å². The van der Waals surface area contributed by atoms with E-state index in [1.165, 1.54) is 30.5 Å². The summed E-state index contributed by atoms with van der Waals surface area (Å²) in [6, 6.07) is 30.4. The second-order valence-corrected chi connectivity index (χ2v) is 11.2. The highest BCUT2D eigenvalue weighted by atomic mass is 35.5. The van der Waals surface area contributed by atoms with Gasteiger partial charge in [-0.15, -0.1) is 0 Å². The van der Waals surface area contributed by atoms with E-state index in [0.29, 0.717) is 22.9 Å². The summed E-state index contributed by atoms with van der Waals surface area (Å²) < 4.78 is 33.8. The van der Waals surface area contributed by atoms with E-state index in [2.05, 4.69) is 10.5 Å². The van der Waals surface area contributed by atoms with Crippen LogP contribution in [0.4, 0.5) is 0 Å². The average Bonchev–Trinajstić information content (AvgIpc) is 2.94. The SMILES string of the molecule is Cc1ccccc1CN(CC(=O)N/N=C\c1cccc(OCc2ccccc2)c1)S(=O)(=O)c1ccc(Cl)cc1. The van der Waals surface area contributed by atoms with Crippen LogP contribution in [0, 0.1) is 6.92 Å². The Morgan fingerprint density at radius 2 is 1.67 bits per heavy atom. The van der Waals surface area contributed by atoms with Crippen molar-refractivity contribution < 1.29 is 17.9 Å². The van der Waals surface area contributed by atoms with Crippen LogP contribution < -0.4 is 10.2 Å². The zero-order valence-corrected chi connectivity index (χ0v) is 22.9. The van der Waals surface area contributed by atoms with Crippen LogP contribution in [0.2, 0.25) is 5.02 Å². The van der Waals surface area contributed by atoms with Crippen molar-refractivity contribution >= 4 is 33.7 Å². The molecule has 39 heavy (non-hydrogen) atoms. The highest BCUT2D eigenvalue weighted by Gasteiger charge is 2.27. The van der Waals surface area contributed by atoms with Crippen LogP contribution in [0.15, 0.2) is 113 Å². The van der Waals surface area contributed by atoms with Crippen LogP contribution in [0.1, 0.15) is 22.3 Å². The molecule has 0 aliphatic heterocycles. The summed E-state index contributed by atoms with van der Waals surface area (Å²) in [7, 11) is -3.99. The molecule has 4 rings (SSSR count). The summed E-state index contributed by atoms with van der Waals surface area (Å²) in [5, 5.41) is 4.44. The second kappa shape index (κ2) is 13.2. The Kier molecular flexibility index (Phi) is 9.49. The van der Waals surface area contributed by atoms with Gasteiger partial charge in [-0.2, -0.15) is 9.41 Å². The lowest BCUT2D eigenvalue weighted by Gasteiger charge is -2.22. The Morgan fingerprint density at radius 3 is 2.41 bits per heavy atom. The Labute approximate surface area is 233 Å². The zero-order chi connectivity index (χ0) is 27.7. The molecule has 4 aromatic carbocycles. The Bertz CT molecular complexity index is 1540. The predicted octanol–water partition coefficient (Wildman–Crippen LogP) is 5.57. The normalized spacial score (nSPS) is 11.6. The quantitative estimate of drug-likeness (QED) is 0.192. The van der Waals surface area contributed by atoms with E-state index in [0.717, 1.165) is 21.0 Å². The van der Waals surface area contributed by atoms with Crippen LogP contribution in [-0.4, -0.2) is 31.4 Å². The highest BCUT2D eigenvalue weighted by Crippen LogP contribution is 2.21. The van der Waals surface area contributed by atoms with Crippen molar-refractivity contribution in [3.63, 3.8) is 0 Å². The number of amides is 1. The molecule has 200 valence electrons. The van der Waals surface area contributed by atoms with Gasteiger partial charge in [0.1, 0.15) is 12.4 Å². The number of rotatable bonds is 11. The zero-order valence-electron chi connectivity index (χ0n) is 21.3. The number of hydrogen-bond donors (Lipinski definition) is 1. The number of benzene rings is 4. The van der Waals surface area contributed by atoms with Gasteiger partial charge in [-0.25, -0.2) is 13.8 Å². The first-order valence-electron chi connectivity index (χ1n) is 12.2. The van der Waals surface area contributed by atoms with Gasteiger partial charge in [-0.3, -0.25) is 4.79 Å². The van der Waals surface area contributed by atoms with Crippen LogP contribution in [0.3, 0.4) is 0 Å². The number of halogens is 1. The average molecular weight is 562 g/mol. The van der Waals surface area contributed by atoms with Crippen molar-refractivity contribution in [3.05, 3.63) is 130 Å². The van der Waals surface area contributed by atoms with E-state index in [1.54, 1.807) is 6.07 Å². The third-order valence-electron chi connectivity index (χ3n) is 5.89. The van der Waals surface area contributed by atoms with Crippen molar-refractivity contribution in [2.24, 2.45) is 5.10 Å². The summed E-state index contributed by atoms with van der Waals surface area (Å²) in [4.78, 5) is 12.8. The van der Waals surface area contributed by atoms with Crippen LogP contribution >= 0.6 is 11.6 Å². The highest BCUT2D eigenvalue weighted by molar-refractivity contribution is 7.89. The molecule has 0 bridgehead atoms. The maximum Gasteiger partial charge on any atom is 0.255 e. The van der Waals surface area contributed by atoms with E-state index < -0.39 is 22.5 Å². The van der Waals surface area contributed by atoms with Gasteiger partial charge in [0.05, 0.1) is 17.7 Å². The number of nitrogens with zero attached hydrogens (tertiary/aromatic N) is 2. The molecule has 0 fully saturated rings. The molecule has 0 aromatic heterocycles. The van der Waals surface area contributed by atoms with Gasteiger partial charge in [-0.05, 0) is 65.6 Å². The molecule has 1 N–H and O–H groups in total. The van der Waals surface area contributed by atoms with Crippen LogP contribution in [0.5, 0.6) is 5.75 Å². The van der Waals surface area contributed by atoms with Gasteiger partial charge in [-0.1, -0.05) is 78.3 Å². The topological polar surface area (TPSA) is 88.1 Å². The lowest BCUT2D eigenvalue weighted by Crippen LogP contribution is -2.39. The van der Waals surface area contributed by atoms with Crippen molar-refractivity contribution in [2.45, 2.75) is 25.0 Å². The molecule has 0 saturated heterocycles. The Morgan fingerprint density at radius 1 is 0.949 bits per heavy atom. The molecule has 9 heteroatoms. The monoisotopic (exact) mass is 561 g/mol. The number of carbonyl (C=O) groups excluding carboxylic acids is 1. The number of hydrogen-bond acceptors (Lipinski definition) is 5. The Hall–Kier alpha value is -3.98. The molecule has 1 amide bonds. The van der Waals surface area contributed by atoms with E-state index in [4.69, 9.17) is 16.3 Å². The molecule has 4 aromatic rings. The number of hydrazone groups is 1. The van der Waals surface area contributed by atoms with E-state index >= 15 is 0 Å². The van der Waals surface area contributed by atoms with Gasteiger partial charge >= 0.3 is 0 Å². The smallest absolute Gasteiger partial charge is 0.255 e. The fourth-order valence-corrected chi connectivity index (χ4v) is 5.26. The van der Waals surface area contributed by atoms with Crippen LogP contribution in [-0.2, 0) is 28.0 Å². The van der Waals surface area contributed by atoms with Crippen molar-refractivity contribution in [1.29, 1.82) is 0 Å². The molecule has 0 atom stereocenters. The van der Waals surface area contributed by atoms with Gasteiger partial charge in [0.25, 0.3) is 5.91 Å². The van der Waals surface area contributed by atoms with Gasteiger partial charge in [0, 0.05) is 11.6 Å². The summed E-state index contributed by atoms with van der Waals surface area (Å²) >= 11 is 5.94. The molecule has 0 saturated carbocycles.